The number of hydrogen-bond donors (Lipinski definition) is 2. The minimum absolute atomic E-state index is 0.0366. The van der Waals surface area contributed by atoms with Crippen molar-refractivity contribution in [1.82, 2.24) is 9.97 Å². The first-order valence-corrected chi connectivity index (χ1v) is 16.2. The monoisotopic (exact) mass is 774 g/mol. The fraction of sp³-hybridized carbons (Fsp3) is 0.118. The predicted molar refractivity (Wildman–Crippen MR) is 174 cm³/mol. The molecule has 270 valence electrons. The fourth-order valence-electron chi connectivity index (χ4n) is 4.90. The fourth-order valence-corrected chi connectivity index (χ4v) is 6.38. The van der Waals surface area contributed by atoms with Crippen molar-refractivity contribution < 1.29 is 52.7 Å². The second-order valence-corrected chi connectivity index (χ2v) is 12.8. The molecule has 0 unspecified atom stereocenters. The van der Waals surface area contributed by atoms with Crippen LogP contribution >= 0.6 is 22.7 Å². The Labute approximate surface area is 293 Å². The molecule has 52 heavy (non-hydrogen) atoms. The standard InChI is InChI=1S/C34H18F12N4S2/c35-31(36,37)21-9-22(32(38,39)40)12-25(11-21)47-29-49-27(15-51-29)19-5-1-17(2-6-19)18-3-7-20(8-4-18)28-16-52-30(50-28)48-26-13-23(33(41,42)43)10-24(14-26)34(44,45)46/h1-16H,(H,47,49)(H,48,50). The molecule has 18 heteroatoms. The van der Waals surface area contributed by atoms with Crippen molar-refractivity contribution in [3.63, 3.8) is 0 Å². The minimum atomic E-state index is -5.00. The topological polar surface area (TPSA) is 49.8 Å². The van der Waals surface area contributed by atoms with Crippen LogP contribution in [-0.2, 0) is 24.7 Å². The van der Waals surface area contributed by atoms with Gasteiger partial charge in [0.25, 0.3) is 0 Å². The van der Waals surface area contributed by atoms with E-state index >= 15 is 0 Å². The van der Waals surface area contributed by atoms with Crippen LogP contribution in [0.1, 0.15) is 22.3 Å². The maximum Gasteiger partial charge on any atom is 0.416 e. The molecule has 2 aromatic heterocycles. The van der Waals surface area contributed by atoms with E-state index < -0.39 is 58.3 Å². The van der Waals surface area contributed by atoms with Crippen molar-refractivity contribution in [2.45, 2.75) is 24.7 Å². The van der Waals surface area contributed by atoms with Crippen molar-refractivity contribution in [2.75, 3.05) is 10.6 Å². The number of benzene rings is 4. The Balaban J connectivity index is 1.14. The van der Waals surface area contributed by atoms with Gasteiger partial charge in [-0.05, 0) is 47.5 Å². The van der Waals surface area contributed by atoms with Crippen LogP contribution in [0.5, 0.6) is 0 Å². The summed E-state index contributed by atoms with van der Waals surface area (Å²) in [6.07, 6.45) is -20.0. The zero-order valence-electron chi connectivity index (χ0n) is 25.5. The second kappa shape index (κ2) is 13.5. The van der Waals surface area contributed by atoms with Crippen LogP contribution in [0.2, 0.25) is 0 Å². The van der Waals surface area contributed by atoms with E-state index in [0.29, 0.717) is 46.8 Å². The Morgan fingerprint density at radius 3 is 0.923 bits per heavy atom. The van der Waals surface area contributed by atoms with Gasteiger partial charge in [-0.1, -0.05) is 48.5 Å². The highest BCUT2D eigenvalue weighted by Gasteiger charge is 2.38. The normalized spacial score (nSPS) is 12.6. The first kappa shape index (κ1) is 36.7. The summed E-state index contributed by atoms with van der Waals surface area (Å²) in [5, 5.41) is 8.36. The summed E-state index contributed by atoms with van der Waals surface area (Å²) < 4.78 is 159. The first-order chi connectivity index (χ1) is 24.2. The molecule has 0 fully saturated rings. The third-order valence-corrected chi connectivity index (χ3v) is 8.90. The maximum absolute atomic E-state index is 13.2. The van der Waals surface area contributed by atoms with Crippen molar-refractivity contribution >= 4 is 44.3 Å². The van der Waals surface area contributed by atoms with Gasteiger partial charge in [0, 0.05) is 33.3 Å². The molecular formula is C34H18F12N4S2. The average molecular weight is 775 g/mol. The molecule has 6 aromatic rings. The predicted octanol–water partition coefficient (Wildman–Crippen LogP) is 13.2. The molecule has 0 amide bonds. The van der Waals surface area contributed by atoms with E-state index in [-0.39, 0.29) is 22.4 Å². The van der Waals surface area contributed by atoms with Gasteiger partial charge < -0.3 is 10.6 Å². The number of thiazole rings is 2. The highest BCUT2D eigenvalue weighted by molar-refractivity contribution is 7.14. The Morgan fingerprint density at radius 2 is 0.654 bits per heavy atom. The highest BCUT2D eigenvalue weighted by atomic mass is 32.1. The van der Waals surface area contributed by atoms with Gasteiger partial charge in [-0.25, -0.2) is 9.97 Å². The van der Waals surface area contributed by atoms with Crippen molar-refractivity contribution in [3.8, 4) is 33.6 Å². The molecule has 2 N–H and O–H groups in total. The van der Waals surface area contributed by atoms with Gasteiger partial charge in [0.2, 0.25) is 0 Å². The van der Waals surface area contributed by atoms with Gasteiger partial charge in [-0.15, -0.1) is 22.7 Å². The van der Waals surface area contributed by atoms with Crippen LogP contribution in [0.25, 0.3) is 33.6 Å². The molecule has 4 aromatic carbocycles. The number of nitrogens with one attached hydrogen (secondary N) is 2. The molecule has 0 bridgehead atoms. The van der Waals surface area contributed by atoms with Crippen LogP contribution in [0, 0.1) is 0 Å². The maximum atomic E-state index is 13.2. The first-order valence-electron chi connectivity index (χ1n) is 14.5. The van der Waals surface area contributed by atoms with Crippen molar-refractivity contribution in [2.24, 2.45) is 0 Å². The molecule has 0 spiro atoms. The van der Waals surface area contributed by atoms with Crippen LogP contribution in [-0.4, -0.2) is 9.97 Å². The lowest BCUT2D eigenvalue weighted by atomic mass is 10.0. The summed E-state index contributed by atoms with van der Waals surface area (Å²) in [5.74, 6) is 0. The number of aromatic nitrogens is 2. The minimum Gasteiger partial charge on any atom is -0.332 e. The van der Waals surface area contributed by atoms with E-state index in [2.05, 4.69) is 20.6 Å². The second-order valence-electron chi connectivity index (χ2n) is 11.1. The molecule has 2 heterocycles. The largest absolute Gasteiger partial charge is 0.416 e. The lowest BCUT2D eigenvalue weighted by molar-refractivity contribution is -0.144. The van der Waals surface area contributed by atoms with Crippen LogP contribution in [0.4, 0.5) is 74.3 Å². The van der Waals surface area contributed by atoms with Gasteiger partial charge in [0.1, 0.15) is 0 Å². The molecule has 0 saturated carbocycles. The summed E-state index contributed by atoms with van der Waals surface area (Å²) in [5.41, 5.74) is -3.06. The molecule has 4 nitrogen and oxygen atoms in total. The van der Waals surface area contributed by atoms with Crippen LogP contribution < -0.4 is 10.6 Å². The molecule has 0 aliphatic carbocycles. The molecule has 0 aliphatic heterocycles. The van der Waals surface area contributed by atoms with Crippen molar-refractivity contribution in [3.05, 3.63) is 118 Å². The Bertz CT molecular complexity index is 1970. The summed E-state index contributed by atoms with van der Waals surface area (Å²) in [4.78, 5) is 8.60. The van der Waals surface area contributed by atoms with E-state index in [0.717, 1.165) is 33.8 Å². The van der Waals surface area contributed by atoms with Gasteiger partial charge >= 0.3 is 24.7 Å². The van der Waals surface area contributed by atoms with Gasteiger partial charge in [0.05, 0.1) is 33.6 Å². The average Bonchev–Trinajstić information content (AvgIpc) is 3.73. The van der Waals surface area contributed by atoms with E-state index in [1.165, 1.54) is 0 Å². The summed E-state index contributed by atoms with van der Waals surface area (Å²) in [6.45, 7) is 0. The number of rotatable bonds is 7. The van der Waals surface area contributed by atoms with Gasteiger partial charge in [-0.2, -0.15) is 52.7 Å². The smallest absolute Gasteiger partial charge is 0.332 e. The number of nitrogens with zero attached hydrogens (tertiary/aromatic N) is 2. The van der Waals surface area contributed by atoms with Gasteiger partial charge in [-0.3, -0.25) is 0 Å². The summed E-state index contributed by atoms with van der Waals surface area (Å²) in [7, 11) is 0. The van der Waals surface area contributed by atoms with Crippen LogP contribution in [0.3, 0.4) is 0 Å². The Kier molecular flexibility index (Phi) is 9.50. The summed E-state index contributed by atoms with van der Waals surface area (Å²) >= 11 is 1.97. The lowest BCUT2D eigenvalue weighted by Crippen LogP contribution is -2.11. The van der Waals surface area contributed by atoms with E-state index in [1.54, 1.807) is 59.3 Å². The third-order valence-electron chi connectivity index (χ3n) is 7.38. The highest BCUT2D eigenvalue weighted by Crippen LogP contribution is 2.41. The third kappa shape index (κ3) is 8.50. The number of hydrogen-bond acceptors (Lipinski definition) is 6. The van der Waals surface area contributed by atoms with E-state index in [4.69, 9.17) is 0 Å². The summed E-state index contributed by atoms with van der Waals surface area (Å²) in [6, 6.07) is 16.3. The molecule has 0 atom stereocenters. The van der Waals surface area contributed by atoms with Crippen molar-refractivity contribution in [1.29, 1.82) is 0 Å². The zero-order valence-corrected chi connectivity index (χ0v) is 27.1. The molecule has 0 saturated heterocycles. The van der Waals surface area contributed by atoms with E-state index in [9.17, 15) is 52.7 Å². The molecular weight excluding hydrogens is 757 g/mol. The Morgan fingerprint density at radius 1 is 0.385 bits per heavy atom. The Hall–Kier alpha value is -5.10. The number of halogens is 12. The van der Waals surface area contributed by atoms with E-state index in [1.807, 2.05) is 0 Å². The lowest BCUT2D eigenvalue weighted by Gasteiger charge is -2.14. The van der Waals surface area contributed by atoms with Crippen LogP contribution in [0.15, 0.2) is 95.7 Å². The molecule has 0 radical (unpaired) electrons. The number of alkyl halides is 12. The zero-order chi connectivity index (χ0) is 37.6. The van der Waals surface area contributed by atoms with Gasteiger partial charge in [0.15, 0.2) is 10.3 Å². The SMILES string of the molecule is FC(F)(F)c1cc(Nc2nc(-c3ccc(-c4ccc(-c5csc(Nc6cc(C(F)(F)F)cc(C(F)(F)F)c6)n5)cc4)cc3)cs2)cc(C(F)(F)F)c1. The number of anilines is 4. The molecule has 0 aliphatic rings. The quantitative estimate of drug-likeness (QED) is 0.159. The molecule has 6 rings (SSSR count).